The quantitative estimate of drug-likeness (QED) is 0.438. The standard InChI is InChI=1S/C24H23ClN4O/c1-2-6-18(17-9-11-19(25)12-10-17)15-28-23(30)21-16-29(24-26-13-5-14-27-24)22-8-4-3-7-20(21)22/h3-5,7-14,16,18H,2,6,15H2,1H3,(H,28,30). The zero-order valence-electron chi connectivity index (χ0n) is 16.8. The maximum Gasteiger partial charge on any atom is 0.253 e. The third kappa shape index (κ3) is 4.21. The Kier molecular flexibility index (Phi) is 6.10. The number of nitrogens with zero attached hydrogens (tertiary/aromatic N) is 3. The summed E-state index contributed by atoms with van der Waals surface area (Å²) in [5.41, 5.74) is 2.70. The monoisotopic (exact) mass is 418 g/mol. The molecule has 2 aromatic carbocycles. The van der Waals surface area contributed by atoms with Crippen LogP contribution >= 0.6 is 11.6 Å². The van der Waals surface area contributed by atoms with Crippen LogP contribution in [0.15, 0.2) is 73.2 Å². The molecule has 4 aromatic rings. The van der Waals surface area contributed by atoms with E-state index in [0.29, 0.717) is 23.1 Å². The minimum absolute atomic E-state index is 0.101. The van der Waals surface area contributed by atoms with Crippen LogP contribution in [0.4, 0.5) is 0 Å². The highest BCUT2D eigenvalue weighted by atomic mass is 35.5. The van der Waals surface area contributed by atoms with Crippen LogP contribution in [0.3, 0.4) is 0 Å². The maximum atomic E-state index is 13.1. The first kappa shape index (κ1) is 20.1. The van der Waals surface area contributed by atoms with Crippen molar-refractivity contribution in [1.29, 1.82) is 0 Å². The van der Waals surface area contributed by atoms with Crippen molar-refractivity contribution >= 4 is 28.4 Å². The minimum Gasteiger partial charge on any atom is -0.351 e. The molecule has 6 heteroatoms. The Hall–Kier alpha value is -3.18. The van der Waals surface area contributed by atoms with Crippen LogP contribution in [0, 0.1) is 0 Å². The van der Waals surface area contributed by atoms with Gasteiger partial charge < -0.3 is 5.32 Å². The number of fused-ring (bicyclic) bond motifs is 1. The van der Waals surface area contributed by atoms with Gasteiger partial charge in [0, 0.05) is 41.5 Å². The van der Waals surface area contributed by atoms with E-state index in [1.807, 2.05) is 59.3 Å². The minimum atomic E-state index is -0.101. The van der Waals surface area contributed by atoms with Crippen LogP contribution in [0.2, 0.25) is 5.02 Å². The number of hydrogen-bond donors (Lipinski definition) is 1. The first-order chi connectivity index (χ1) is 14.7. The summed E-state index contributed by atoms with van der Waals surface area (Å²) in [5, 5.41) is 4.72. The first-order valence-corrected chi connectivity index (χ1v) is 10.5. The summed E-state index contributed by atoms with van der Waals surface area (Å²) < 4.78 is 1.85. The topological polar surface area (TPSA) is 59.8 Å². The van der Waals surface area contributed by atoms with E-state index >= 15 is 0 Å². The third-order valence-electron chi connectivity index (χ3n) is 5.21. The molecule has 0 radical (unpaired) electrons. The summed E-state index contributed by atoms with van der Waals surface area (Å²) in [5.74, 6) is 0.677. The number of amides is 1. The molecule has 0 saturated carbocycles. The number of nitrogens with one attached hydrogen (secondary N) is 1. The number of benzene rings is 2. The van der Waals surface area contributed by atoms with E-state index in [1.54, 1.807) is 18.5 Å². The van der Waals surface area contributed by atoms with E-state index < -0.39 is 0 Å². The second-order valence-electron chi connectivity index (χ2n) is 7.23. The van der Waals surface area contributed by atoms with Crippen molar-refractivity contribution in [3.8, 4) is 5.95 Å². The van der Waals surface area contributed by atoms with Gasteiger partial charge in [-0.3, -0.25) is 9.36 Å². The molecule has 0 aliphatic rings. The Morgan fingerprint density at radius 2 is 1.80 bits per heavy atom. The van der Waals surface area contributed by atoms with Crippen LogP contribution < -0.4 is 5.32 Å². The highest BCUT2D eigenvalue weighted by Crippen LogP contribution is 2.25. The lowest BCUT2D eigenvalue weighted by Gasteiger charge is -2.17. The van der Waals surface area contributed by atoms with Gasteiger partial charge >= 0.3 is 0 Å². The predicted octanol–water partition coefficient (Wildman–Crippen LogP) is 5.39. The van der Waals surface area contributed by atoms with Crippen LogP contribution in [0.5, 0.6) is 0 Å². The van der Waals surface area contributed by atoms with E-state index in [-0.39, 0.29) is 11.8 Å². The largest absolute Gasteiger partial charge is 0.351 e. The molecule has 0 aliphatic heterocycles. The van der Waals surface area contributed by atoms with E-state index in [1.165, 1.54) is 5.56 Å². The normalized spacial score (nSPS) is 12.1. The number of carbonyl (C=O) groups excluding carboxylic acids is 1. The molecule has 30 heavy (non-hydrogen) atoms. The molecule has 1 amide bonds. The van der Waals surface area contributed by atoms with Crippen molar-refractivity contribution in [2.75, 3.05) is 6.54 Å². The Bertz CT molecular complexity index is 1140. The molecule has 0 bridgehead atoms. The van der Waals surface area contributed by atoms with E-state index in [4.69, 9.17) is 11.6 Å². The van der Waals surface area contributed by atoms with Gasteiger partial charge in [0.2, 0.25) is 5.95 Å². The fraction of sp³-hybridized carbons (Fsp3) is 0.208. The number of halogens is 1. The lowest BCUT2D eigenvalue weighted by Crippen LogP contribution is -2.28. The van der Waals surface area contributed by atoms with Crippen molar-refractivity contribution in [2.45, 2.75) is 25.7 Å². The van der Waals surface area contributed by atoms with E-state index in [2.05, 4.69) is 22.2 Å². The van der Waals surface area contributed by atoms with Crippen LogP contribution in [0.25, 0.3) is 16.9 Å². The number of aromatic nitrogens is 3. The van der Waals surface area contributed by atoms with Gasteiger partial charge in [0.15, 0.2) is 0 Å². The van der Waals surface area contributed by atoms with Crippen LogP contribution in [-0.2, 0) is 0 Å². The SMILES string of the molecule is CCCC(CNC(=O)c1cn(-c2ncccn2)c2ccccc12)c1ccc(Cl)cc1. The molecule has 1 unspecified atom stereocenters. The third-order valence-corrected chi connectivity index (χ3v) is 5.46. The summed E-state index contributed by atoms with van der Waals surface area (Å²) >= 11 is 6.03. The maximum absolute atomic E-state index is 13.1. The van der Waals surface area contributed by atoms with Gasteiger partial charge in [0.05, 0.1) is 11.1 Å². The Morgan fingerprint density at radius 3 is 2.53 bits per heavy atom. The summed E-state index contributed by atoms with van der Waals surface area (Å²) in [6.07, 6.45) is 7.22. The van der Waals surface area contributed by atoms with E-state index in [0.717, 1.165) is 23.7 Å². The van der Waals surface area contributed by atoms with Gasteiger partial charge in [0.25, 0.3) is 5.91 Å². The van der Waals surface area contributed by atoms with Gasteiger partial charge in [-0.2, -0.15) is 0 Å². The van der Waals surface area contributed by atoms with Crippen LogP contribution in [0.1, 0.15) is 41.6 Å². The Morgan fingerprint density at radius 1 is 1.07 bits per heavy atom. The fourth-order valence-electron chi connectivity index (χ4n) is 3.72. The predicted molar refractivity (Wildman–Crippen MR) is 120 cm³/mol. The molecular weight excluding hydrogens is 396 g/mol. The Balaban J connectivity index is 1.59. The summed E-state index contributed by atoms with van der Waals surface area (Å²) in [6.45, 7) is 2.72. The second kappa shape index (κ2) is 9.09. The van der Waals surface area contributed by atoms with Crippen molar-refractivity contribution in [3.05, 3.63) is 89.3 Å². The molecule has 1 N–H and O–H groups in total. The highest BCUT2D eigenvalue weighted by Gasteiger charge is 2.18. The van der Waals surface area contributed by atoms with Crippen molar-refractivity contribution in [3.63, 3.8) is 0 Å². The number of carbonyl (C=O) groups is 1. The summed E-state index contributed by atoms with van der Waals surface area (Å²) in [6, 6.07) is 17.4. The Labute approximate surface area is 180 Å². The van der Waals surface area contributed by atoms with Gasteiger partial charge in [0.1, 0.15) is 0 Å². The lowest BCUT2D eigenvalue weighted by atomic mass is 9.94. The molecule has 4 rings (SSSR count). The van der Waals surface area contributed by atoms with Gasteiger partial charge in [-0.25, -0.2) is 9.97 Å². The zero-order chi connectivity index (χ0) is 20.9. The summed E-state index contributed by atoms with van der Waals surface area (Å²) in [4.78, 5) is 21.8. The van der Waals surface area contributed by atoms with Gasteiger partial charge in [-0.05, 0) is 36.2 Å². The van der Waals surface area contributed by atoms with Crippen molar-refractivity contribution in [1.82, 2.24) is 19.9 Å². The molecule has 2 aromatic heterocycles. The molecule has 0 spiro atoms. The van der Waals surface area contributed by atoms with Gasteiger partial charge in [-0.1, -0.05) is 55.3 Å². The number of rotatable bonds is 7. The zero-order valence-corrected chi connectivity index (χ0v) is 17.5. The molecule has 0 saturated heterocycles. The smallest absolute Gasteiger partial charge is 0.253 e. The lowest BCUT2D eigenvalue weighted by molar-refractivity contribution is 0.0952. The molecular formula is C24H23ClN4O. The number of hydrogen-bond acceptors (Lipinski definition) is 3. The average Bonchev–Trinajstić information content (AvgIpc) is 3.17. The molecule has 0 fully saturated rings. The average molecular weight is 419 g/mol. The highest BCUT2D eigenvalue weighted by molar-refractivity contribution is 6.30. The number of para-hydroxylation sites is 1. The molecule has 2 heterocycles. The molecule has 0 aliphatic carbocycles. The second-order valence-corrected chi connectivity index (χ2v) is 7.66. The first-order valence-electron chi connectivity index (χ1n) is 10.1. The van der Waals surface area contributed by atoms with Crippen molar-refractivity contribution < 1.29 is 4.79 Å². The van der Waals surface area contributed by atoms with Crippen molar-refractivity contribution in [2.24, 2.45) is 0 Å². The van der Waals surface area contributed by atoms with Crippen LogP contribution in [-0.4, -0.2) is 27.0 Å². The molecule has 1 atom stereocenters. The summed E-state index contributed by atoms with van der Waals surface area (Å²) in [7, 11) is 0. The fourth-order valence-corrected chi connectivity index (χ4v) is 3.85. The van der Waals surface area contributed by atoms with E-state index in [9.17, 15) is 4.79 Å². The molecule has 152 valence electrons. The van der Waals surface area contributed by atoms with Gasteiger partial charge in [-0.15, -0.1) is 0 Å². The molecule has 5 nitrogen and oxygen atoms in total.